The molecule has 3 amide bonds. The van der Waals surface area contributed by atoms with Crippen molar-refractivity contribution in [1.29, 1.82) is 0 Å². The third kappa shape index (κ3) is 6.23. The molecule has 0 saturated heterocycles. The maximum Gasteiger partial charge on any atom is 0.323 e. The fourth-order valence-electron chi connectivity index (χ4n) is 4.40. The van der Waals surface area contributed by atoms with Gasteiger partial charge in [0, 0.05) is 50.4 Å². The van der Waals surface area contributed by atoms with E-state index >= 15 is 0 Å². The number of urea groups is 1. The van der Waals surface area contributed by atoms with Gasteiger partial charge in [0.2, 0.25) is 0 Å². The van der Waals surface area contributed by atoms with E-state index in [2.05, 4.69) is 39.0 Å². The minimum Gasteiger partial charge on any atom is -0.385 e. The van der Waals surface area contributed by atoms with Crippen LogP contribution in [0.1, 0.15) is 39.0 Å². The fraction of sp³-hybridized carbons (Fsp3) is 0.310. The first-order chi connectivity index (χ1) is 17.4. The van der Waals surface area contributed by atoms with Crippen LogP contribution in [0.4, 0.5) is 21.9 Å². The van der Waals surface area contributed by atoms with Crippen molar-refractivity contribution >= 4 is 29.0 Å². The van der Waals surface area contributed by atoms with Gasteiger partial charge < -0.3 is 25.6 Å². The van der Waals surface area contributed by atoms with Crippen molar-refractivity contribution in [3.05, 3.63) is 88.5 Å². The van der Waals surface area contributed by atoms with Gasteiger partial charge in [-0.3, -0.25) is 4.79 Å². The minimum atomic E-state index is -0.357. The molecule has 3 aromatic carbocycles. The Balaban J connectivity index is 1.53. The molecule has 1 aliphatic rings. The lowest BCUT2D eigenvalue weighted by Crippen LogP contribution is -2.33. The maximum atomic E-state index is 13.2. The van der Waals surface area contributed by atoms with Gasteiger partial charge in [-0.15, -0.1) is 0 Å². The Bertz CT molecular complexity index is 1240. The van der Waals surface area contributed by atoms with Crippen LogP contribution < -0.4 is 20.9 Å². The van der Waals surface area contributed by atoms with Crippen LogP contribution in [-0.4, -0.2) is 38.7 Å². The highest BCUT2D eigenvalue weighted by molar-refractivity contribution is 6.04. The highest BCUT2D eigenvalue weighted by Crippen LogP contribution is 2.30. The molecule has 0 aliphatic carbocycles. The number of amides is 3. The molecule has 0 unspecified atom stereocenters. The number of aryl methyl sites for hydroxylation is 2. The van der Waals surface area contributed by atoms with E-state index in [1.807, 2.05) is 50.2 Å². The molecule has 3 aromatic rings. The van der Waals surface area contributed by atoms with Gasteiger partial charge in [0.15, 0.2) is 0 Å². The van der Waals surface area contributed by atoms with Crippen LogP contribution in [0, 0.1) is 13.8 Å². The van der Waals surface area contributed by atoms with Crippen LogP contribution in [0.15, 0.2) is 60.7 Å². The van der Waals surface area contributed by atoms with Gasteiger partial charge in [0.25, 0.3) is 5.91 Å². The Morgan fingerprint density at radius 1 is 0.917 bits per heavy atom. The summed E-state index contributed by atoms with van der Waals surface area (Å²) < 4.78 is 5.09. The van der Waals surface area contributed by atoms with E-state index in [0.29, 0.717) is 24.4 Å². The summed E-state index contributed by atoms with van der Waals surface area (Å²) in [6.07, 6.45) is 1.65. The average Bonchev–Trinajstić information content (AvgIpc) is 2.88. The number of carbonyl (C=O) groups excluding carboxylic acids is 2. The highest BCUT2D eigenvalue weighted by Gasteiger charge is 2.22. The zero-order valence-electron chi connectivity index (χ0n) is 21.2. The third-order valence-corrected chi connectivity index (χ3v) is 6.55. The summed E-state index contributed by atoms with van der Waals surface area (Å²) in [5.41, 5.74) is 7.55. The van der Waals surface area contributed by atoms with Crippen LogP contribution in [0.3, 0.4) is 0 Å². The van der Waals surface area contributed by atoms with Crippen molar-refractivity contribution in [3.8, 4) is 0 Å². The minimum absolute atomic E-state index is 0.168. The molecular weight excluding hydrogens is 452 g/mol. The number of nitrogens with zero attached hydrogens (tertiary/aromatic N) is 1. The summed E-state index contributed by atoms with van der Waals surface area (Å²) >= 11 is 0. The predicted molar refractivity (Wildman–Crippen MR) is 145 cm³/mol. The normalized spacial score (nSPS) is 12.6. The van der Waals surface area contributed by atoms with E-state index in [1.54, 1.807) is 13.2 Å². The zero-order valence-corrected chi connectivity index (χ0v) is 21.2. The molecule has 0 bridgehead atoms. The Morgan fingerprint density at radius 3 is 2.39 bits per heavy atom. The molecule has 1 heterocycles. The highest BCUT2D eigenvalue weighted by atomic mass is 16.5. The predicted octanol–water partition coefficient (Wildman–Crippen LogP) is 5.28. The molecule has 0 saturated carbocycles. The molecule has 7 heteroatoms. The largest absolute Gasteiger partial charge is 0.385 e. The van der Waals surface area contributed by atoms with Gasteiger partial charge in [-0.25, -0.2) is 4.79 Å². The summed E-state index contributed by atoms with van der Waals surface area (Å²) in [5, 5.41) is 8.73. The number of hydrogen-bond donors (Lipinski definition) is 3. The van der Waals surface area contributed by atoms with Crippen LogP contribution in [-0.2, 0) is 17.7 Å². The number of ether oxygens (including phenoxy) is 1. The maximum absolute atomic E-state index is 13.2. The molecule has 0 atom stereocenters. The van der Waals surface area contributed by atoms with Crippen molar-refractivity contribution < 1.29 is 14.3 Å². The Morgan fingerprint density at radius 2 is 1.64 bits per heavy atom. The molecule has 4 rings (SSSR count). The number of benzene rings is 3. The molecule has 1 aliphatic heterocycles. The summed E-state index contributed by atoms with van der Waals surface area (Å²) in [6.45, 7) is 6.69. The SMILES string of the molecule is COCCCNC(=O)c1cc(NC(=O)Nc2ccc(C)c(C)c2)ccc1N1CCc2ccccc2C1. The number of fused-ring (bicyclic) bond motifs is 1. The first-order valence-electron chi connectivity index (χ1n) is 12.3. The number of nitrogens with one attached hydrogen (secondary N) is 3. The second-order valence-electron chi connectivity index (χ2n) is 9.15. The summed E-state index contributed by atoms with van der Waals surface area (Å²) in [4.78, 5) is 28.1. The van der Waals surface area contributed by atoms with Gasteiger partial charge in [0.05, 0.1) is 5.56 Å². The molecule has 0 radical (unpaired) electrons. The van der Waals surface area contributed by atoms with Crippen LogP contribution in [0.2, 0.25) is 0 Å². The Hall–Kier alpha value is -3.84. The number of methoxy groups -OCH3 is 1. The van der Waals surface area contributed by atoms with E-state index in [0.717, 1.165) is 48.4 Å². The summed E-state index contributed by atoms with van der Waals surface area (Å²) in [7, 11) is 1.65. The lowest BCUT2D eigenvalue weighted by atomic mass is 9.98. The van der Waals surface area contributed by atoms with Gasteiger partial charge in [0.1, 0.15) is 0 Å². The third-order valence-electron chi connectivity index (χ3n) is 6.55. The number of rotatable bonds is 8. The molecule has 0 fully saturated rings. The first-order valence-corrected chi connectivity index (χ1v) is 12.3. The zero-order chi connectivity index (χ0) is 25.5. The van der Waals surface area contributed by atoms with Crippen LogP contribution in [0.5, 0.6) is 0 Å². The van der Waals surface area contributed by atoms with Crippen molar-refractivity contribution in [2.24, 2.45) is 0 Å². The van der Waals surface area contributed by atoms with E-state index in [-0.39, 0.29) is 11.9 Å². The number of carbonyl (C=O) groups is 2. The smallest absolute Gasteiger partial charge is 0.323 e. The van der Waals surface area contributed by atoms with Gasteiger partial charge in [-0.05, 0) is 79.3 Å². The van der Waals surface area contributed by atoms with Crippen molar-refractivity contribution in [3.63, 3.8) is 0 Å². The number of anilines is 3. The fourth-order valence-corrected chi connectivity index (χ4v) is 4.40. The molecule has 36 heavy (non-hydrogen) atoms. The van der Waals surface area contributed by atoms with Crippen LogP contribution >= 0.6 is 0 Å². The Labute approximate surface area is 212 Å². The van der Waals surface area contributed by atoms with E-state index in [1.165, 1.54) is 11.1 Å². The standard InChI is InChI=1S/C29H34N4O3/c1-20-9-10-24(17-21(20)2)31-29(35)32-25-11-12-27(26(18-25)28(34)30-14-6-16-36-3)33-15-13-22-7-4-5-8-23(22)19-33/h4-5,7-12,17-18H,6,13-16,19H2,1-3H3,(H,30,34)(H2,31,32,35). The Kier molecular flexibility index (Phi) is 8.23. The van der Waals surface area contributed by atoms with Gasteiger partial charge in [-0.2, -0.15) is 0 Å². The lowest BCUT2D eigenvalue weighted by molar-refractivity contribution is 0.0949. The first kappa shape index (κ1) is 25.3. The summed E-state index contributed by atoms with van der Waals surface area (Å²) in [5.74, 6) is -0.168. The van der Waals surface area contributed by atoms with Crippen LogP contribution in [0.25, 0.3) is 0 Å². The van der Waals surface area contributed by atoms with Crippen molar-refractivity contribution in [1.82, 2.24) is 5.32 Å². The van der Waals surface area contributed by atoms with E-state index < -0.39 is 0 Å². The molecule has 3 N–H and O–H groups in total. The molecule has 0 aromatic heterocycles. The number of hydrogen-bond acceptors (Lipinski definition) is 4. The van der Waals surface area contributed by atoms with Crippen molar-refractivity contribution in [2.45, 2.75) is 33.2 Å². The molecule has 188 valence electrons. The van der Waals surface area contributed by atoms with E-state index in [4.69, 9.17) is 4.74 Å². The van der Waals surface area contributed by atoms with Crippen molar-refractivity contribution in [2.75, 3.05) is 42.3 Å². The molecule has 7 nitrogen and oxygen atoms in total. The average molecular weight is 487 g/mol. The van der Waals surface area contributed by atoms with Gasteiger partial charge >= 0.3 is 6.03 Å². The molecular formula is C29H34N4O3. The topological polar surface area (TPSA) is 82.7 Å². The van der Waals surface area contributed by atoms with E-state index in [9.17, 15) is 9.59 Å². The quantitative estimate of drug-likeness (QED) is 0.379. The lowest BCUT2D eigenvalue weighted by Gasteiger charge is -2.32. The van der Waals surface area contributed by atoms with Gasteiger partial charge in [-0.1, -0.05) is 30.3 Å². The summed E-state index contributed by atoms with van der Waals surface area (Å²) in [6, 6.07) is 19.4. The monoisotopic (exact) mass is 486 g/mol. The molecule has 0 spiro atoms. The second-order valence-corrected chi connectivity index (χ2v) is 9.15. The second kappa shape index (κ2) is 11.7.